The van der Waals surface area contributed by atoms with Crippen LogP contribution >= 0.6 is 0 Å². The van der Waals surface area contributed by atoms with Gasteiger partial charge in [0.25, 0.3) is 0 Å². The summed E-state index contributed by atoms with van der Waals surface area (Å²) in [5, 5.41) is 8.67. The number of rotatable bonds is 4. The minimum Gasteiger partial charge on any atom is -0.497 e. The first-order chi connectivity index (χ1) is 7.06. The van der Waals surface area contributed by atoms with Crippen molar-refractivity contribution < 1.29 is 19.0 Å². The van der Waals surface area contributed by atoms with E-state index in [2.05, 4.69) is 0 Å². The van der Waals surface area contributed by atoms with Gasteiger partial charge >= 0.3 is 5.97 Å². The Kier molecular flexibility index (Phi) is 3.66. The van der Waals surface area contributed by atoms with Crippen molar-refractivity contribution >= 4 is 5.97 Å². The van der Waals surface area contributed by atoms with Gasteiger partial charge in [-0.15, -0.1) is 0 Å². The van der Waals surface area contributed by atoms with Crippen molar-refractivity contribution in [2.24, 2.45) is 5.92 Å². The van der Waals surface area contributed by atoms with Crippen molar-refractivity contribution in [2.75, 3.05) is 7.11 Å². The average Bonchev–Trinajstić information content (AvgIpc) is 2.27. The first-order valence-corrected chi connectivity index (χ1v) is 4.57. The van der Waals surface area contributed by atoms with E-state index in [1.807, 2.05) is 0 Å². The van der Waals surface area contributed by atoms with Gasteiger partial charge in [-0.25, -0.2) is 4.39 Å². The lowest BCUT2D eigenvalue weighted by Gasteiger charge is -2.13. The molecule has 0 spiro atoms. The summed E-state index contributed by atoms with van der Waals surface area (Å²) in [6, 6.07) is 6.37. The van der Waals surface area contributed by atoms with Gasteiger partial charge in [-0.05, 0) is 24.6 Å². The first-order valence-electron chi connectivity index (χ1n) is 4.57. The summed E-state index contributed by atoms with van der Waals surface area (Å²) < 4.78 is 18.6. The average molecular weight is 212 g/mol. The van der Waals surface area contributed by atoms with E-state index in [0.717, 1.165) is 0 Å². The number of ether oxygens (including phenoxy) is 1. The minimum atomic E-state index is -1.52. The standard InChI is InChI=1S/C11H13FO3/c1-7(11(13)14)10(12)8-4-3-5-9(6-8)15-2/h3-7,10H,1-2H3,(H,13,14). The van der Waals surface area contributed by atoms with E-state index in [1.165, 1.54) is 20.1 Å². The molecule has 0 saturated carbocycles. The third-order valence-electron chi connectivity index (χ3n) is 2.24. The molecule has 0 aliphatic carbocycles. The molecule has 0 aliphatic heterocycles. The fraction of sp³-hybridized carbons (Fsp3) is 0.364. The maximum Gasteiger partial charge on any atom is 0.309 e. The molecular formula is C11H13FO3. The maximum absolute atomic E-state index is 13.7. The number of hydrogen-bond donors (Lipinski definition) is 1. The predicted octanol–water partition coefficient (Wildman–Crippen LogP) is 2.43. The Hall–Kier alpha value is -1.58. The van der Waals surface area contributed by atoms with Crippen LogP contribution in [0.2, 0.25) is 0 Å². The molecule has 0 bridgehead atoms. The Labute approximate surface area is 87.5 Å². The molecular weight excluding hydrogens is 199 g/mol. The highest BCUT2D eigenvalue weighted by Crippen LogP contribution is 2.28. The van der Waals surface area contributed by atoms with Crippen LogP contribution in [0.4, 0.5) is 4.39 Å². The van der Waals surface area contributed by atoms with Crippen molar-refractivity contribution in [3.05, 3.63) is 29.8 Å². The topological polar surface area (TPSA) is 46.5 Å². The summed E-state index contributed by atoms with van der Waals surface area (Å²) in [6.45, 7) is 1.34. The number of aliphatic carboxylic acids is 1. The number of hydrogen-bond acceptors (Lipinski definition) is 2. The largest absolute Gasteiger partial charge is 0.497 e. The number of benzene rings is 1. The van der Waals surface area contributed by atoms with Crippen molar-refractivity contribution in [1.82, 2.24) is 0 Å². The second-order valence-electron chi connectivity index (χ2n) is 3.31. The Morgan fingerprint density at radius 2 is 2.20 bits per heavy atom. The molecule has 0 aliphatic rings. The number of carboxylic acids is 1. The quantitative estimate of drug-likeness (QED) is 0.833. The summed E-state index contributed by atoms with van der Waals surface area (Å²) in [7, 11) is 1.48. The molecule has 0 aromatic heterocycles. The normalized spacial score (nSPS) is 14.3. The number of alkyl halides is 1. The summed E-state index contributed by atoms with van der Waals surface area (Å²) in [6.07, 6.45) is -1.52. The van der Waals surface area contributed by atoms with Gasteiger partial charge in [0.15, 0.2) is 0 Å². The third-order valence-corrected chi connectivity index (χ3v) is 2.24. The minimum absolute atomic E-state index is 0.323. The predicted molar refractivity (Wildman–Crippen MR) is 53.6 cm³/mol. The number of halogens is 1. The van der Waals surface area contributed by atoms with E-state index in [4.69, 9.17) is 9.84 Å². The molecule has 0 amide bonds. The SMILES string of the molecule is COc1cccc(C(F)C(C)C(=O)O)c1. The molecule has 1 N–H and O–H groups in total. The van der Waals surface area contributed by atoms with Gasteiger partial charge in [0.1, 0.15) is 11.9 Å². The van der Waals surface area contributed by atoms with Gasteiger partial charge < -0.3 is 9.84 Å². The van der Waals surface area contributed by atoms with Crippen LogP contribution in [-0.2, 0) is 4.79 Å². The molecule has 2 atom stereocenters. The molecule has 4 heteroatoms. The Bertz CT molecular complexity index is 351. The molecule has 1 aromatic carbocycles. The molecule has 0 radical (unpaired) electrons. The van der Waals surface area contributed by atoms with Crippen LogP contribution in [0, 0.1) is 5.92 Å². The molecule has 1 rings (SSSR count). The van der Waals surface area contributed by atoms with Crippen LogP contribution in [0.25, 0.3) is 0 Å². The van der Waals surface area contributed by atoms with Crippen LogP contribution in [0.5, 0.6) is 5.75 Å². The van der Waals surface area contributed by atoms with E-state index in [9.17, 15) is 9.18 Å². The van der Waals surface area contributed by atoms with Crippen molar-refractivity contribution in [1.29, 1.82) is 0 Å². The second kappa shape index (κ2) is 4.77. The van der Waals surface area contributed by atoms with Crippen molar-refractivity contribution in [3.63, 3.8) is 0 Å². The molecule has 0 heterocycles. The van der Waals surface area contributed by atoms with E-state index < -0.39 is 18.1 Å². The Morgan fingerprint density at radius 3 is 2.73 bits per heavy atom. The highest BCUT2D eigenvalue weighted by Gasteiger charge is 2.24. The Morgan fingerprint density at radius 1 is 1.53 bits per heavy atom. The van der Waals surface area contributed by atoms with Crippen LogP contribution in [-0.4, -0.2) is 18.2 Å². The summed E-state index contributed by atoms with van der Waals surface area (Å²) in [5.74, 6) is -1.69. The summed E-state index contributed by atoms with van der Waals surface area (Å²) in [5.41, 5.74) is 0.323. The smallest absolute Gasteiger partial charge is 0.309 e. The first kappa shape index (κ1) is 11.5. The van der Waals surface area contributed by atoms with Gasteiger partial charge in [-0.2, -0.15) is 0 Å². The van der Waals surface area contributed by atoms with Crippen LogP contribution in [0.3, 0.4) is 0 Å². The monoisotopic (exact) mass is 212 g/mol. The van der Waals surface area contributed by atoms with Gasteiger partial charge in [-0.3, -0.25) is 4.79 Å². The summed E-state index contributed by atoms with van der Waals surface area (Å²) >= 11 is 0. The van der Waals surface area contributed by atoms with Crippen molar-refractivity contribution in [2.45, 2.75) is 13.1 Å². The highest BCUT2D eigenvalue weighted by atomic mass is 19.1. The van der Waals surface area contributed by atoms with Crippen LogP contribution < -0.4 is 4.74 Å². The fourth-order valence-corrected chi connectivity index (χ4v) is 1.23. The zero-order valence-corrected chi connectivity index (χ0v) is 8.61. The molecule has 3 nitrogen and oxygen atoms in total. The zero-order valence-electron chi connectivity index (χ0n) is 8.61. The molecule has 15 heavy (non-hydrogen) atoms. The van der Waals surface area contributed by atoms with Crippen molar-refractivity contribution in [3.8, 4) is 5.75 Å². The van der Waals surface area contributed by atoms with E-state index in [0.29, 0.717) is 11.3 Å². The molecule has 0 saturated heterocycles. The zero-order chi connectivity index (χ0) is 11.4. The Balaban J connectivity index is 2.90. The lowest BCUT2D eigenvalue weighted by molar-refractivity contribution is -0.143. The van der Waals surface area contributed by atoms with Crippen LogP contribution in [0.15, 0.2) is 24.3 Å². The van der Waals surface area contributed by atoms with E-state index >= 15 is 0 Å². The highest BCUT2D eigenvalue weighted by molar-refractivity contribution is 5.70. The number of carbonyl (C=O) groups is 1. The molecule has 1 aromatic rings. The summed E-state index contributed by atoms with van der Waals surface area (Å²) in [4.78, 5) is 10.6. The van der Waals surface area contributed by atoms with E-state index in [-0.39, 0.29) is 0 Å². The lowest BCUT2D eigenvalue weighted by atomic mass is 9.99. The van der Waals surface area contributed by atoms with Gasteiger partial charge in [-0.1, -0.05) is 12.1 Å². The van der Waals surface area contributed by atoms with Crippen LogP contribution in [0.1, 0.15) is 18.7 Å². The second-order valence-corrected chi connectivity index (χ2v) is 3.31. The lowest BCUT2D eigenvalue weighted by Crippen LogP contribution is -2.15. The molecule has 82 valence electrons. The fourth-order valence-electron chi connectivity index (χ4n) is 1.23. The van der Waals surface area contributed by atoms with E-state index in [1.54, 1.807) is 18.2 Å². The molecule has 0 fully saturated rings. The van der Waals surface area contributed by atoms with Gasteiger partial charge in [0, 0.05) is 0 Å². The number of methoxy groups -OCH3 is 1. The van der Waals surface area contributed by atoms with Gasteiger partial charge in [0.05, 0.1) is 13.0 Å². The van der Waals surface area contributed by atoms with Gasteiger partial charge in [0.2, 0.25) is 0 Å². The third kappa shape index (κ3) is 2.68. The molecule has 2 unspecified atom stereocenters. The maximum atomic E-state index is 13.7. The number of carboxylic acid groups (broad SMARTS) is 1.